The summed E-state index contributed by atoms with van der Waals surface area (Å²) in [6, 6.07) is 101. The van der Waals surface area contributed by atoms with Gasteiger partial charge in [-0.1, -0.05) is 237 Å². The molecule has 0 spiro atoms. The standard InChI is InChI=1S/C66H46N2/c1-6-24-46(25-7-1)62-61(48-42-44-52(45-43-48)67-57-38-20-16-34-53(57)54-35-17-21-39-58(54)67)63(47-26-8-2-9-27-47)65(50-30-12-4-13-31-50)66(51-32-14-5-15-33-51,64(62)49-28-10-3-11-29-49)68-59-40-22-18-36-55(59)56-37-19-23-41-60(56)68/h1-45,64H. The molecule has 1 aliphatic carbocycles. The molecule has 2 unspecified atom stereocenters. The molecular formula is C66H46N2. The van der Waals surface area contributed by atoms with Gasteiger partial charge in [-0.25, -0.2) is 0 Å². The van der Waals surface area contributed by atoms with Gasteiger partial charge in [0, 0.05) is 33.2 Å². The summed E-state index contributed by atoms with van der Waals surface area (Å²) in [5.74, 6) is -0.248. The average molecular weight is 867 g/mol. The summed E-state index contributed by atoms with van der Waals surface area (Å²) in [6.45, 7) is 0. The summed E-state index contributed by atoms with van der Waals surface area (Å²) >= 11 is 0. The minimum Gasteiger partial charge on any atom is -0.325 e. The van der Waals surface area contributed by atoms with Crippen LogP contribution in [0.1, 0.15) is 39.3 Å². The molecule has 0 aliphatic heterocycles. The molecule has 320 valence electrons. The summed E-state index contributed by atoms with van der Waals surface area (Å²) in [5.41, 5.74) is 17.1. The van der Waals surface area contributed by atoms with Crippen LogP contribution in [0.5, 0.6) is 0 Å². The van der Waals surface area contributed by atoms with Crippen LogP contribution in [-0.4, -0.2) is 9.13 Å². The Balaban J connectivity index is 1.25. The Morgan fingerprint density at radius 3 is 1.19 bits per heavy atom. The molecule has 2 atom stereocenters. The first-order valence-electron chi connectivity index (χ1n) is 23.6. The van der Waals surface area contributed by atoms with Crippen LogP contribution in [0.15, 0.2) is 273 Å². The van der Waals surface area contributed by atoms with Crippen LogP contribution in [0, 0.1) is 0 Å². The van der Waals surface area contributed by atoms with Crippen molar-refractivity contribution < 1.29 is 0 Å². The summed E-state index contributed by atoms with van der Waals surface area (Å²) in [4.78, 5) is 0. The van der Waals surface area contributed by atoms with Gasteiger partial charge in [-0.3, -0.25) is 0 Å². The number of para-hydroxylation sites is 4. The highest BCUT2D eigenvalue weighted by molar-refractivity contribution is 6.27. The monoisotopic (exact) mass is 866 g/mol. The molecule has 0 saturated carbocycles. The summed E-state index contributed by atoms with van der Waals surface area (Å²) in [5, 5.41) is 4.97. The molecule has 10 aromatic carbocycles. The van der Waals surface area contributed by atoms with Gasteiger partial charge in [0.05, 0.1) is 22.1 Å². The first-order chi connectivity index (χ1) is 33.8. The van der Waals surface area contributed by atoms with Gasteiger partial charge in [-0.15, -0.1) is 0 Å². The highest BCUT2D eigenvalue weighted by Gasteiger charge is 2.54. The summed E-state index contributed by atoms with van der Waals surface area (Å²) < 4.78 is 5.14. The highest BCUT2D eigenvalue weighted by atomic mass is 15.1. The molecule has 12 aromatic rings. The van der Waals surface area contributed by atoms with Crippen LogP contribution >= 0.6 is 0 Å². The Labute approximate surface area is 396 Å². The second kappa shape index (κ2) is 16.3. The van der Waals surface area contributed by atoms with Crippen LogP contribution in [-0.2, 0) is 5.54 Å². The molecule has 1 aliphatic rings. The molecule has 2 aromatic heterocycles. The van der Waals surface area contributed by atoms with Crippen LogP contribution in [0.25, 0.3) is 71.6 Å². The largest absolute Gasteiger partial charge is 0.325 e. The highest BCUT2D eigenvalue weighted by Crippen LogP contribution is 2.65. The van der Waals surface area contributed by atoms with E-state index in [4.69, 9.17) is 0 Å². The number of aromatic nitrogens is 2. The fourth-order valence-electron chi connectivity index (χ4n) is 11.7. The van der Waals surface area contributed by atoms with Crippen LogP contribution in [0.3, 0.4) is 0 Å². The lowest BCUT2D eigenvalue weighted by Gasteiger charge is -2.51. The van der Waals surface area contributed by atoms with Gasteiger partial charge in [-0.2, -0.15) is 0 Å². The maximum absolute atomic E-state index is 2.72. The van der Waals surface area contributed by atoms with Crippen LogP contribution in [0.4, 0.5) is 0 Å². The number of hydrogen-bond donors (Lipinski definition) is 0. The van der Waals surface area contributed by atoms with E-state index in [0.717, 1.165) is 16.8 Å². The Morgan fingerprint density at radius 2 is 0.676 bits per heavy atom. The molecule has 0 N–H and O–H groups in total. The van der Waals surface area contributed by atoms with Crippen molar-refractivity contribution in [3.63, 3.8) is 0 Å². The van der Waals surface area contributed by atoms with Crippen LogP contribution < -0.4 is 0 Å². The van der Waals surface area contributed by atoms with E-state index >= 15 is 0 Å². The lowest BCUT2D eigenvalue weighted by molar-refractivity contribution is 0.452. The van der Waals surface area contributed by atoms with Crippen molar-refractivity contribution in [2.75, 3.05) is 0 Å². The number of fused-ring (bicyclic) bond motifs is 6. The van der Waals surface area contributed by atoms with E-state index < -0.39 is 5.54 Å². The van der Waals surface area contributed by atoms with Crippen molar-refractivity contribution in [2.24, 2.45) is 0 Å². The fourth-order valence-corrected chi connectivity index (χ4v) is 11.7. The van der Waals surface area contributed by atoms with Gasteiger partial charge in [0.1, 0.15) is 5.54 Å². The predicted molar refractivity (Wildman–Crippen MR) is 286 cm³/mol. The van der Waals surface area contributed by atoms with Crippen LogP contribution in [0.2, 0.25) is 0 Å². The Morgan fingerprint density at radius 1 is 0.294 bits per heavy atom. The van der Waals surface area contributed by atoms with E-state index in [9.17, 15) is 0 Å². The molecule has 0 fully saturated rings. The molecule has 2 nitrogen and oxygen atoms in total. The van der Waals surface area contributed by atoms with Crippen molar-refractivity contribution >= 4 is 65.9 Å². The van der Waals surface area contributed by atoms with E-state index in [1.165, 1.54) is 88.2 Å². The van der Waals surface area contributed by atoms with E-state index in [0.29, 0.717) is 0 Å². The SMILES string of the molecule is c1ccc(C2=C(c3ccccc3)C(c3ccccc3)(n3c4ccccc4c4ccccc43)C(c3ccccc3)C(c3ccccc3)=C2c2ccc(-n3c4ccccc4c4ccccc43)cc2)cc1. The summed E-state index contributed by atoms with van der Waals surface area (Å²) in [7, 11) is 0. The average Bonchev–Trinajstić information content (AvgIpc) is 3.95. The predicted octanol–water partition coefficient (Wildman–Crippen LogP) is 16.7. The van der Waals surface area contributed by atoms with Crippen molar-refractivity contribution in [3.05, 3.63) is 306 Å². The third kappa shape index (κ3) is 6.04. The number of rotatable bonds is 8. The minimum atomic E-state index is -0.866. The zero-order valence-electron chi connectivity index (χ0n) is 37.5. The molecule has 0 radical (unpaired) electrons. The van der Waals surface area contributed by atoms with E-state index in [2.05, 4.69) is 282 Å². The zero-order valence-corrected chi connectivity index (χ0v) is 37.5. The molecule has 0 amide bonds. The van der Waals surface area contributed by atoms with Gasteiger partial charge >= 0.3 is 0 Å². The van der Waals surface area contributed by atoms with E-state index in [-0.39, 0.29) is 5.92 Å². The number of hydrogen-bond acceptors (Lipinski definition) is 0. The Hall–Kier alpha value is -8.72. The summed E-state index contributed by atoms with van der Waals surface area (Å²) in [6.07, 6.45) is 0. The topological polar surface area (TPSA) is 9.86 Å². The third-order valence-electron chi connectivity index (χ3n) is 14.3. The second-order valence-corrected chi connectivity index (χ2v) is 17.9. The second-order valence-electron chi connectivity index (χ2n) is 17.9. The molecule has 68 heavy (non-hydrogen) atoms. The van der Waals surface area contributed by atoms with Gasteiger partial charge < -0.3 is 9.13 Å². The molecular weight excluding hydrogens is 821 g/mol. The number of allylic oxidation sites excluding steroid dienone is 4. The van der Waals surface area contributed by atoms with Gasteiger partial charge in [0.2, 0.25) is 0 Å². The van der Waals surface area contributed by atoms with Crippen molar-refractivity contribution in [2.45, 2.75) is 11.5 Å². The fraction of sp³-hybridized carbons (Fsp3) is 0.0303. The Bertz CT molecular complexity index is 3750. The molecule has 13 rings (SSSR count). The van der Waals surface area contributed by atoms with Gasteiger partial charge in [0.25, 0.3) is 0 Å². The first kappa shape index (κ1) is 39.6. The zero-order chi connectivity index (χ0) is 45.0. The molecule has 0 saturated heterocycles. The van der Waals surface area contributed by atoms with Gasteiger partial charge in [0.15, 0.2) is 0 Å². The quantitative estimate of drug-likeness (QED) is 0.144. The lowest BCUT2D eigenvalue weighted by atomic mass is 9.57. The maximum Gasteiger partial charge on any atom is 0.108 e. The Kier molecular flexibility index (Phi) is 9.50. The van der Waals surface area contributed by atoms with Gasteiger partial charge in [-0.05, 0) is 92.1 Å². The minimum absolute atomic E-state index is 0.248. The first-order valence-corrected chi connectivity index (χ1v) is 23.6. The third-order valence-corrected chi connectivity index (χ3v) is 14.3. The van der Waals surface area contributed by atoms with E-state index in [1.807, 2.05) is 0 Å². The van der Waals surface area contributed by atoms with Crippen molar-refractivity contribution in [1.29, 1.82) is 0 Å². The lowest BCUT2D eigenvalue weighted by Crippen LogP contribution is -2.45. The normalized spacial score (nSPS) is 16.3. The van der Waals surface area contributed by atoms with Crippen molar-refractivity contribution in [1.82, 2.24) is 9.13 Å². The smallest absolute Gasteiger partial charge is 0.108 e. The molecule has 2 heterocycles. The number of benzene rings is 10. The van der Waals surface area contributed by atoms with E-state index in [1.54, 1.807) is 0 Å². The molecule has 2 heteroatoms. The van der Waals surface area contributed by atoms with Crippen molar-refractivity contribution in [3.8, 4) is 5.69 Å². The number of nitrogens with zero attached hydrogens (tertiary/aromatic N) is 2. The maximum atomic E-state index is 2.72. The molecule has 0 bridgehead atoms.